The number of hydrogen-bond donors (Lipinski definition) is 2. The van der Waals surface area contributed by atoms with Crippen molar-refractivity contribution in [3.8, 4) is 0 Å². The van der Waals surface area contributed by atoms with Crippen molar-refractivity contribution in [2.45, 2.75) is 58.4 Å². The molecule has 0 heterocycles. The first-order chi connectivity index (χ1) is 8.60. The Morgan fingerprint density at radius 1 is 1.17 bits per heavy atom. The Bertz CT molecular complexity index is 282. The van der Waals surface area contributed by atoms with Crippen molar-refractivity contribution in [1.29, 1.82) is 0 Å². The van der Waals surface area contributed by atoms with Gasteiger partial charge in [-0.3, -0.25) is 4.79 Å². The van der Waals surface area contributed by atoms with Gasteiger partial charge in [0.25, 0.3) is 0 Å². The van der Waals surface area contributed by atoms with Crippen LogP contribution in [0.25, 0.3) is 0 Å². The molecule has 0 spiro atoms. The highest BCUT2D eigenvalue weighted by molar-refractivity contribution is 5.79. The fraction of sp³-hybridized carbons (Fsp3) is 0.933. The number of hydrogen-bond acceptors (Lipinski definition) is 2. The van der Waals surface area contributed by atoms with Crippen molar-refractivity contribution in [3.05, 3.63) is 0 Å². The first-order valence-corrected chi connectivity index (χ1v) is 7.60. The molecule has 3 nitrogen and oxygen atoms in total. The molecule has 2 aliphatic carbocycles. The van der Waals surface area contributed by atoms with E-state index < -0.39 is 0 Å². The second-order valence-electron chi connectivity index (χ2n) is 6.66. The van der Waals surface area contributed by atoms with Gasteiger partial charge < -0.3 is 11.1 Å². The van der Waals surface area contributed by atoms with Crippen LogP contribution in [-0.2, 0) is 4.79 Å². The van der Waals surface area contributed by atoms with Gasteiger partial charge >= 0.3 is 0 Å². The van der Waals surface area contributed by atoms with Gasteiger partial charge in [-0.1, -0.05) is 20.3 Å². The fourth-order valence-corrected chi connectivity index (χ4v) is 4.04. The molecule has 18 heavy (non-hydrogen) atoms. The maximum absolute atomic E-state index is 12.3. The third kappa shape index (κ3) is 3.25. The molecule has 4 atom stereocenters. The lowest BCUT2D eigenvalue weighted by molar-refractivity contribution is -0.127. The number of carbonyl (C=O) groups excluding carboxylic acids is 1. The maximum atomic E-state index is 12.3. The summed E-state index contributed by atoms with van der Waals surface area (Å²) in [6, 6.07) is 0.398. The van der Waals surface area contributed by atoms with Gasteiger partial charge in [0, 0.05) is 12.0 Å². The van der Waals surface area contributed by atoms with Crippen molar-refractivity contribution in [1.82, 2.24) is 5.32 Å². The monoisotopic (exact) mass is 252 g/mol. The SMILES string of the molecule is CC1CC(C)CC(NC(=O)[C@@H]2CCC[C@@H]2CN)C1. The molecule has 0 saturated heterocycles. The van der Waals surface area contributed by atoms with Crippen LogP contribution >= 0.6 is 0 Å². The molecule has 2 aliphatic rings. The predicted octanol–water partition coefficient (Wildman–Crippen LogP) is 2.30. The fourth-order valence-electron chi connectivity index (χ4n) is 4.04. The predicted molar refractivity (Wildman–Crippen MR) is 74.0 cm³/mol. The van der Waals surface area contributed by atoms with Crippen LogP contribution in [0.4, 0.5) is 0 Å². The van der Waals surface area contributed by atoms with Gasteiger partial charge in [-0.15, -0.1) is 0 Å². The average Bonchev–Trinajstić information content (AvgIpc) is 2.75. The van der Waals surface area contributed by atoms with E-state index in [1.165, 1.54) is 6.42 Å². The molecule has 3 heteroatoms. The van der Waals surface area contributed by atoms with E-state index in [0.717, 1.165) is 43.9 Å². The molecular weight excluding hydrogens is 224 g/mol. The third-order valence-corrected chi connectivity index (χ3v) is 4.82. The molecule has 0 aromatic rings. The van der Waals surface area contributed by atoms with Crippen LogP contribution in [-0.4, -0.2) is 18.5 Å². The molecule has 104 valence electrons. The minimum Gasteiger partial charge on any atom is -0.353 e. The van der Waals surface area contributed by atoms with Crippen molar-refractivity contribution >= 4 is 5.91 Å². The molecule has 1 amide bonds. The quantitative estimate of drug-likeness (QED) is 0.810. The van der Waals surface area contributed by atoms with Gasteiger partial charge in [0.2, 0.25) is 5.91 Å². The van der Waals surface area contributed by atoms with Crippen LogP contribution in [0.1, 0.15) is 52.4 Å². The first kappa shape index (κ1) is 13.9. The summed E-state index contributed by atoms with van der Waals surface area (Å²) in [5, 5.41) is 3.29. The summed E-state index contributed by atoms with van der Waals surface area (Å²) in [4.78, 5) is 12.3. The molecule has 0 aromatic heterocycles. The van der Waals surface area contributed by atoms with E-state index >= 15 is 0 Å². The summed E-state index contributed by atoms with van der Waals surface area (Å²) in [7, 11) is 0. The molecule has 0 aliphatic heterocycles. The number of rotatable bonds is 3. The Kier molecular flexibility index (Phi) is 4.66. The Morgan fingerprint density at radius 3 is 2.44 bits per heavy atom. The number of nitrogens with one attached hydrogen (secondary N) is 1. The van der Waals surface area contributed by atoms with E-state index in [2.05, 4.69) is 19.2 Å². The van der Waals surface area contributed by atoms with Crippen LogP contribution < -0.4 is 11.1 Å². The lowest BCUT2D eigenvalue weighted by atomic mass is 9.80. The topological polar surface area (TPSA) is 55.1 Å². The molecule has 2 fully saturated rings. The van der Waals surface area contributed by atoms with Crippen LogP contribution in [0.2, 0.25) is 0 Å². The standard InChI is InChI=1S/C15H28N2O/c1-10-6-11(2)8-13(7-10)17-15(18)14-5-3-4-12(14)9-16/h10-14H,3-9,16H2,1-2H3,(H,17,18)/t10?,11?,12-,13?,14-/m1/s1. The van der Waals surface area contributed by atoms with Gasteiger partial charge in [-0.05, 0) is 56.4 Å². The van der Waals surface area contributed by atoms with Crippen molar-refractivity contribution in [2.75, 3.05) is 6.54 Å². The normalized spacial score (nSPS) is 40.7. The summed E-state index contributed by atoms with van der Waals surface area (Å²) in [5.74, 6) is 2.36. The molecule has 2 unspecified atom stereocenters. The highest BCUT2D eigenvalue weighted by Crippen LogP contribution is 2.33. The number of nitrogens with two attached hydrogens (primary N) is 1. The van der Waals surface area contributed by atoms with Crippen LogP contribution in [0.3, 0.4) is 0 Å². The van der Waals surface area contributed by atoms with Gasteiger partial charge in [0.15, 0.2) is 0 Å². The summed E-state index contributed by atoms with van der Waals surface area (Å²) >= 11 is 0. The molecule has 0 aromatic carbocycles. The van der Waals surface area contributed by atoms with Crippen molar-refractivity contribution in [2.24, 2.45) is 29.4 Å². The molecular formula is C15H28N2O. The molecule has 2 rings (SSSR count). The summed E-state index contributed by atoms with van der Waals surface area (Å²) < 4.78 is 0. The summed E-state index contributed by atoms with van der Waals surface area (Å²) in [5.41, 5.74) is 5.76. The van der Waals surface area contributed by atoms with Crippen molar-refractivity contribution < 1.29 is 4.79 Å². The van der Waals surface area contributed by atoms with E-state index in [1.807, 2.05) is 0 Å². The molecule has 2 saturated carbocycles. The zero-order valence-electron chi connectivity index (χ0n) is 11.8. The van der Waals surface area contributed by atoms with Gasteiger partial charge in [-0.2, -0.15) is 0 Å². The first-order valence-electron chi connectivity index (χ1n) is 7.60. The zero-order chi connectivity index (χ0) is 13.1. The Labute approximate surface area is 111 Å². The highest BCUT2D eigenvalue weighted by Gasteiger charge is 2.34. The third-order valence-electron chi connectivity index (χ3n) is 4.82. The van der Waals surface area contributed by atoms with E-state index in [-0.39, 0.29) is 11.8 Å². The average molecular weight is 252 g/mol. The minimum absolute atomic E-state index is 0.183. The largest absolute Gasteiger partial charge is 0.353 e. The number of carbonyl (C=O) groups is 1. The second-order valence-corrected chi connectivity index (χ2v) is 6.66. The van der Waals surface area contributed by atoms with E-state index in [9.17, 15) is 4.79 Å². The zero-order valence-corrected chi connectivity index (χ0v) is 11.8. The Balaban J connectivity index is 1.86. The minimum atomic E-state index is 0.183. The Morgan fingerprint density at radius 2 is 1.83 bits per heavy atom. The van der Waals surface area contributed by atoms with Crippen molar-refractivity contribution in [3.63, 3.8) is 0 Å². The van der Waals surface area contributed by atoms with Crippen LogP contribution in [0.15, 0.2) is 0 Å². The molecule has 0 bridgehead atoms. The summed E-state index contributed by atoms with van der Waals surface area (Å²) in [6.45, 7) is 5.26. The number of amides is 1. The van der Waals surface area contributed by atoms with E-state index in [0.29, 0.717) is 18.5 Å². The molecule has 3 N–H and O–H groups in total. The second kappa shape index (κ2) is 6.05. The lowest BCUT2D eigenvalue weighted by Gasteiger charge is -2.33. The maximum Gasteiger partial charge on any atom is 0.223 e. The van der Waals surface area contributed by atoms with Gasteiger partial charge in [0.05, 0.1) is 0 Å². The molecule has 0 radical (unpaired) electrons. The van der Waals surface area contributed by atoms with E-state index in [4.69, 9.17) is 5.73 Å². The van der Waals surface area contributed by atoms with Gasteiger partial charge in [-0.25, -0.2) is 0 Å². The van der Waals surface area contributed by atoms with Gasteiger partial charge in [0.1, 0.15) is 0 Å². The highest BCUT2D eigenvalue weighted by atomic mass is 16.2. The Hall–Kier alpha value is -0.570. The van der Waals surface area contributed by atoms with Crippen LogP contribution in [0.5, 0.6) is 0 Å². The lowest BCUT2D eigenvalue weighted by Crippen LogP contribution is -2.44. The summed E-state index contributed by atoms with van der Waals surface area (Å²) in [6.07, 6.45) is 6.93. The smallest absolute Gasteiger partial charge is 0.223 e. The van der Waals surface area contributed by atoms with E-state index in [1.54, 1.807) is 0 Å². The van der Waals surface area contributed by atoms with Crippen LogP contribution in [0, 0.1) is 23.7 Å².